The van der Waals surface area contributed by atoms with E-state index in [0.717, 1.165) is 107 Å². The van der Waals surface area contributed by atoms with Gasteiger partial charge in [-0.15, -0.1) is 0 Å². The Bertz CT molecular complexity index is 3370. The minimum absolute atomic E-state index is 0.0989. The monoisotopic (exact) mass is 946 g/mol. The lowest BCUT2D eigenvalue weighted by Crippen LogP contribution is -2.18. The van der Waals surface area contributed by atoms with E-state index in [2.05, 4.69) is 84.6 Å². The summed E-state index contributed by atoms with van der Waals surface area (Å²) >= 11 is 0. The molecule has 2 aliphatic rings. The van der Waals surface area contributed by atoms with Gasteiger partial charge in [0.15, 0.2) is 0 Å². The maximum absolute atomic E-state index is 14.6. The van der Waals surface area contributed by atoms with Crippen molar-refractivity contribution in [1.29, 1.82) is 5.26 Å². The molecule has 1 amide bonds. The van der Waals surface area contributed by atoms with E-state index in [-0.39, 0.29) is 23.5 Å². The first-order valence-electron chi connectivity index (χ1n) is 24.3. The number of anilines is 2. The lowest BCUT2D eigenvalue weighted by molar-refractivity contribution is 0.1000. The van der Waals surface area contributed by atoms with E-state index >= 15 is 0 Å². The minimum Gasteiger partial charge on any atom is -0.366 e. The Kier molecular flexibility index (Phi) is 13.0. The average Bonchev–Trinajstić information content (AvgIpc) is 4.09. The zero-order valence-corrected chi connectivity index (χ0v) is 42.2. The number of hydrogen-bond acceptors (Lipinski definition) is 6. The first-order valence-corrected chi connectivity index (χ1v) is 24.3. The van der Waals surface area contributed by atoms with Gasteiger partial charge in [0, 0.05) is 52.3 Å². The Morgan fingerprint density at radius 2 is 0.944 bits per heavy atom. The summed E-state index contributed by atoms with van der Waals surface area (Å²) in [5.41, 5.74) is 27.1. The van der Waals surface area contributed by atoms with Crippen LogP contribution in [0.2, 0.25) is 0 Å². The highest BCUT2D eigenvalue weighted by atomic mass is 19.1. The van der Waals surface area contributed by atoms with Crippen molar-refractivity contribution in [3.63, 3.8) is 0 Å². The summed E-state index contributed by atoms with van der Waals surface area (Å²) in [6.45, 7) is 23.1. The predicted octanol–water partition coefficient (Wildman–Crippen LogP) is 13.5. The molecule has 0 fully saturated rings. The quantitative estimate of drug-likeness (QED) is 0.154. The molecule has 8 aromatic rings. The molecule has 71 heavy (non-hydrogen) atoms. The number of fused-ring (bicyclic) bond motifs is 2. The van der Waals surface area contributed by atoms with Crippen LogP contribution in [0, 0.1) is 64.5 Å². The lowest BCUT2D eigenvalue weighted by atomic mass is 9.99. The number of carbonyl (C=O) groups is 1. The average molecular weight is 947 g/mol. The van der Waals surface area contributed by atoms with Crippen LogP contribution in [0.5, 0.6) is 0 Å². The smallest absolute Gasteiger partial charge is 0.248 e. The molecule has 0 radical (unpaired) electrons. The fraction of sp³-hybridized carbons (Fsp3) is 0.267. The molecule has 360 valence electrons. The molecule has 0 aliphatic carbocycles. The van der Waals surface area contributed by atoms with Gasteiger partial charge in [-0.2, -0.15) is 15.5 Å². The molecule has 2 aromatic heterocycles. The zero-order valence-electron chi connectivity index (χ0n) is 42.2. The number of aromatic nitrogens is 4. The maximum Gasteiger partial charge on any atom is 0.248 e. The van der Waals surface area contributed by atoms with Crippen LogP contribution in [0.25, 0.3) is 33.9 Å². The van der Waals surface area contributed by atoms with Crippen molar-refractivity contribution < 1.29 is 13.6 Å². The Morgan fingerprint density at radius 1 is 0.563 bits per heavy atom. The number of nitrogens with zero attached hydrogens (tertiary/aromatic N) is 7. The van der Waals surface area contributed by atoms with Gasteiger partial charge < -0.3 is 15.5 Å². The Hall–Kier alpha value is -7.84. The SMILES string of the molecule is Cc1cc(F)c(C(C)C)cc1N1Cc2nn(-c3c(C)cccc3C)c(-c3ccc(C#N)cc3)c2C1.Cc1cc(F)c(C(C)C)cc1N1Cc2nn(-c3c(C)cccc3C)c(-c3ccc(C(N)=O)cc3)c2C1. The fourth-order valence-corrected chi connectivity index (χ4v) is 10.4. The van der Waals surface area contributed by atoms with Gasteiger partial charge in [0.1, 0.15) is 11.6 Å². The predicted molar refractivity (Wildman–Crippen MR) is 280 cm³/mol. The zero-order chi connectivity index (χ0) is 50.6. The Balaban J connectivity index is 0.000000176. The van der Waals surface area contributed by atoms with Gasteiger partial charge in [-0.05, 0) is 146 Å². The molecule has 4 heterocycles. The number of nitriles is 1. The molecule has 6 aromatic carbocycles. The fourth-order valence-electron chi connectivity index (χ4n) is 10.4. The van der Waals surface area contributed by atoms with Crippen molar-refractivity contribution in [3.8, 4) is 40.0 Å². The van der Waals surface area contributed by atoms with Gasteiger partial charge in [-0.1, -0.05) is 88.4 Å². The Morgan fingerprint density at radius 3 is 1.30 bits per heavy atom. The topological polar surface area (TPSA) is 109 Å². The standard InChI is InChI=1S/C30H31FN4O.C30H29FN4/c1-17(2)23-14-27(20(5)13-25(23)31)34-15-24-26(16-34)33-35(28-18(3)7-6-8-19(28)4)29(24)21-9-11-22(12-10-21)30(32)36;1-18(2)24-14-28(21(5)13-26(24)31)34-16-25-27(17-34)33-35(29-19(3)7-6-8-20(29)4)30(25)23-11-9-22(15-32)10-12-23/h6-14,17H,15-16H2,1-5H3,(H2,32,36);6-14,18H,16-17H2,1-5H3. The molecule has 0 atom stereocenters. The van der Waals surface area contributed by atoms with Gasteiger partial charge >= 0.3 is 0 Å². The van der Waals surface area contributed by atoms with Crippen LogP contribution in [0.1, 0.15) is 122 Å². The third kappa shape index (κ3) is 8.99. The van der Waals surface area contributed by atoms with Crippen molar-refractivity contribution in [1.82, 2.24) is 19.6 Å². The van der Waals surface area contributed by atoms with Crippen molar-refractivity contribution in [3.05, 3.63) is 199 Å². The second-order valence-corrected chi connectivity index (χ2v) is 19.8. The molecule has 11 heteroatoms. The van der Waals surface area contributed by atoms with E-state index in [0.29, 0.717) is 37.3 Å². The van der Waals surface area contributed by atoms with Gasteiger partial charge in [-0.3, -0.25) is 4.79 Å². The van der Waals surface area contributed by atoms with E-state index in [1.165, 1.54) is 5.56 Å². The molecule has 0 saturated heterocycles. The van der Waals surface area contributed by atoms with E-state index in [1.54, 1.807) is 24.3 Å². The highest BCUT2D eigenvalue weighted by Gasteiger charge is 2.33. The molecule has 2 aliphatic heterocycles. The van der Waals surface area contributed by atoms with Gasteiger partial charge in [0.25, 0.3) is 0 Å². The second-order valence-electron chi connectivity index (χ2n) is 19.8. The number of aryl methyl sites for hydroxylation is 6. The number of benzene rings is 6. The number of primary amides is 1. The third-order valence-corrected chi connectivity index (χ3v) is 14.1. The van der Waals surface area contributed by atoms with Crippen LogP contribution in [0.15, 0.2) is 109 Å². The molecule has 9 nitrogen and oxygen atoms in total. The molecular weight excluding hydrogens is 887 g/mol. The van der Waals surface area contributed by atoms with Crippen molar-refractivity contribution in [2.24, 2.45) is 5.73 Å². The van der Waals surface area contributed by atoms with Crippen LogP contribution in [0.4, 0.5) is 20.2 Å². The first kappa shape index (κ1) is 48.2. The van der Waals surface area contributed by atoms with Crippen molar-refractivity contribution in [2.75, 3.05) is 9.80 Å². The Labute approximate surface area is 415 Å². The van der Waals surface area contributed by atoms with Crippen LogP contribution in [-0.2, 0) is 26.2 Å². The highest BCUT2D eigenvalue weighted by Crippen LogP contribution is 2.42. The molecule has 0 saturated carbocycles. The number of rotatable bonds is 9. The summed E-state index contributed by atoms with van der Waals surface area (Å²) < 4.78 is 33.3. The second kappa shape index (κ2) is 19.2. The number of carbonyl (C=O) groups excluding carboxylic acids is 1. The van der Waals surface area contributed by atoms with E-state index in [4.69, 9.17) is 15.9 Å². The maximum atomic E-state index is 14.6. The largest absolute Gasteiger partial charge is 0.366 e. The summed E-state index contributed by atoms with van der Waals surface area (Å²) in [4.78, 5) is 16.2. The van der Waals surface area contributed by atoms with Gasteiger partial charge in [-0.25, -0.2) is 18.1 Å². The van der Waals surface area contributed by atoms with Crippen LogP contribution < -0.4 is 15.5 Å². The van der Waals surface area contributed by atoms with Crippen molar-refractivity contribution in [2.45, 2.75) is 107 Å². The number of nitrogens with two attached hydrogens (primary N) is 1. The molecule has 2 N–H and O–H groups in total. The summed E-state index contributed by atoms with van der Waals surface area (Å²) in [5, 5.41) is 19.5. The number of para-hydroxylation sites is 2. The molecule has 0 bridgehead atoms. The summed E-state index contributed by atoms with van der Waals surface area (Å²) in [6, 6.07) is 37.1. The van der Waals surface area contributed by atoms with Gasteiger partial charge in [0.05, 0.1) is 58.9 Å². The normalized spacial score (nSPS) is 12.9. The molecule has 0 unspecified atom stereocenters. The number of halogens is 2. The van der Waals surface area contributed by atoms with Crippen LogP contribution in [-0.4, -0.2) is 25.5 Å². The van der Waals surface area contributed by atoms with Crippen LogP contribution in [0.3, 0.4) is 0 Å². The summed E-state index contributed by atoms with van der Waals surface area (Å²) in [7, 11) is 0. The van der Waals surface area contributed by atoms with Gasteiger partial charge in [0.2, 0.25) is 5.91 Å². The molecule has 0 spiro atoms. The highest BCUT2D eigenvalue weighted by molar-refractivity contribution is 5.93. The minimum atomic E-state index is -0.450. The lowest BCUT2D eigenvalue weighted by Gasteiger charge is -2.23. The summed E-state index contributed by atoms with van der Waals surface area (Å²) in [6.07, 6.45) is 0. The van der Waals surface area contributed by atoms with E-state index < -0.39 is 5.91 Å². The third-order valence-electron chi connectivity index (χ3n) is 14.1. The molecular formula is C60H60F2N8O. The van der Waals surface area contributed by atoms with E-state index in [9.17, 15) is 18.8 Å². The van der Waals surface area contributed by atoms with Crippen molar-refractivity contribution >= 4 is 17.3 Å². The molecule has 10 rings (SSSR count). The van der Waals surface area contributed by atoms with E-state index in [1.807, 2.05) is 94.8 Å². The summed E-state index contributed by atoms with van der Waals surface area (Å²) in [5.74, 6) is -0.534. The first-order chi connectivity index (χ1) is 33.9. The number of amides is 1. The van der Waals surface area contributed by atoms with Crippen LogP contribution >= 0.6 is 0 Å². The number of hydrogen-bond donors (Lipinski definition) is 1.